The highest BCUT2D eigenvalue weighted by Crippen LogP contribution is 2.29. The summed E-state index contributed by atoms with van der Waals surface area (Å²) in [5.74, 6) is 0.741. The molecule has 2 aliphatic rings. The molecule has 116 valence electrons. The summed E-state index contributed by atoms with van der Waals surface area (Å²) in [5.41, 5.74) is -0.591. The first kappa shape index (κ1) is 15.6. The van der Waals surface area contributed by atoms with Crippen LogP contribution >= 0.6 is 0 Å². The van der Waals surface area contributed by atoms with Gasteiger partial charge in [0.1, 0.15) is 5.82 Å². The minimum absolute atomic E-state index is 0.190. The van der Waals surface area contributed by atoms with Crippen LogP contribution in [0.1, 0.15) is 20.8 Å². The first-order chi connectivity index (χ1) is 9.99. The summed E-state index contributed by atoms with van der Waals surface area (Å²) in [6, 6.07) is 2.50. The number of nitrogens with zero attached hydrogens (tertiary/aromatic N) is 3. The monoisotopic (exact) mass is 292 g/mol. The highest BCUT2D eigenvalue weighted by molar-refractivity contribution is 5.76. The fraction of sp³-hybridized carbons (Fsp3) is 0.733. The first-order valence-electron chi connectivity index (χ1n) is 7.49. The predicted octanol–water partition coefficient (Wildman–Crippen LogP) is 0.530. The number of fused-ring (bicyclic) bond motifs is 1. The van der Waals surface area contributed by atoms with Crippen molar-refractivity contribution in [1.29, 1.82) is 5.26 Å². The molecule has 1 N–H and O–H groups in total. The normalized spacial score (nSPS) is 23.9. The molecule has 0 aromatic carbocycles. The van der Waals surface area contributed by atoms with Crippen molar-refractivity contribution in [1.82, 2.24) is 15.1 Å². The third-order valence-electron chi connectivity index (χ3n) is 4.01. The molecule has 6 heteroatoms. The van der Waals surface area contributed by atoms with E-state index >= 15 is 0 Å². The van der Waals surface area contributed by atoms with Crippen LogP contribution in [0.3, 0.4) is 0 Å². The van der Waals surface area contributed by atoms with E-state index in [0.29, 0.717) is 19.2 Å². The Morgan fingerprint density at radius 3 is 3.05 bits per heavy atom. The topological polar surface area (TPSA) is 68.6 Å². The number of nitriles is 1. The molecular weight excluding hydrogens is 268 g/mol. The van der Waals surface area contributed by atoms with Gasteiger partial charge in [-0.15, -0.1) is 0 Å². The minimum Gasteiger partial charge on any atom is -0.466 e. The number of allylic oxidation sites excluding steroid dienone is 1. The van der Waals surface area contributed by atoms with Gasteiger partial charge in [0, 0.05) is 32.7 Å². The molecule has 1 atom stereocenters. The van der Waals surface area contributed by atoms with Gasteiger partial charge in [0.05, 0.1) is 30.2 Å². The van der Waals surface area contributed by atoms with Gasteiger partial charge in [-0.3, -0.25) is 4.79 Å². The summed E-state index contributed by atoms with van der Waals surface area (Å²) >= 11 is 0. The SMILES string of the molecule is CCOC(=O)C(C)(C)CN1CC2CNCCN2C1=CC#N. The van der Waals surface area contributed by atoms with Gasteiger partial charge in [-0.1, -0.05) is 0 Å². The van der Waals surface area contributed by atoms with Gasteiger partial charge in [-0.2, -0.15) is 5.26 Å². The Kier molecular flexibility index (Phi) is 4.73. The maximum absolute atomic E-state index is 12.1. The van der Waals surface area contributed by atoms with Crippen LogP contribution in [0.25, 0.3) is 0 Å². The number of esters is 1. The molecule has 2 fully saturated rings. The van der Waals surface area contributed by atoms with Crippen LogP contribution in [0.15, 0.2) is 11.9 Å². The van der Waals surface area contributed by atoms with Gasteiger partial charge < -0.3 is 19.9 Å². The molecule has 0 aliphatic carbocycles. The summed E-state index contributed by atoms with van der Waals surface area (Å²) in [5, 5.41) is 12.4. The molecule has 0 spiro atoms. The molecule has 2 heterocycles. The lowest BCUT2D eigenvalue weighted by atomic mass is 9.93. The molecule has 2 saturated heterocycles. The predicted molar refractivity (Wildman–Crippen MR) is 79.0 cm³/mol. The molecule has 6 nitrogen and oxygen atoms in total. The Morgan fingerprint density at radius 2 is 2.38 bits per heavy atom. The highest BCUT2D eigenvalue weighted by atomic mass is 16.5. The van der Waals surface area contributed by atoms with Crippen LogP contribution in [-0.4, -0.2) is 61.1 Å². The van der Waals surface area contributed by atoms with Crippen LogP contribution < -0.4 is 5.32 Å². The first-order valence-corrected chi connectivity index (χ1v) is 7.49. The molecular formula is C15H24N4O2. The number of hydrogen-bond donors (Lipinski definition) is 1. The van der Waals surface area contributed by atoms with Crippen molar-refractivity contribution >= 4 is 5.97 Å². The second-order valence-corrected chi connectivity index (χ2v) is 6.17. The Bertz CT molecular complexity index is 467. The van der Waals surface area contributed by atoms with Crippen LogP contribution in [0.5, 0.6) is 0 Å². The van der Waals surface area contributed by atoms with E-state index < -0.39 is 5.41 Å². The number of rotatable bonds is 4. The average Bonchev–Trinajstić information content (AvgIpc) is 2.77. The van der Waals surface area contributed by atoms with E-state index in [2.05, 4.69) is 21.2 Å². The summed E-state index contributed by atoms with van der Waals surface area (Å²) < 4.78 is 5.15. The van der Waals surface area contributed by atoms with Crippen LogP contribution in [0.2, 0.25) is 0 Å². The maximum Gasteiger partial charge on any atom is 0.313 e. The number of hydrogen-bond acceptors (Lipinski definition) is 6. The lowest BCUT2D eigenvalue weighted by Gasteiger charge is -2.32. The molecule has 0 amide bonds. The summed E-state index contributed by atoms with van der Waals surface area (Å²) in [7, 11) is 0. The largest absolute Gasteiger partial charge is 0.466 e. The summed E-state index contributed by atoms with van der Waals surface area (Å²) in [6.07, 6.45) is 1.59. The van der Waals surface area contributed by atoms with Crippen molar-refractivity contribution in [3.63, 3.8) is 0 Å². The van der Waals surface area contributed by atoms with E-state index in [1.807, 2.05) is 20.8 Å². The van der Waals surface area contributed by atoms with Gasteiger partial charge in [-0.25, -0.2) is 0 Å². The lowest BCUT2D eigenvalue weighted by Crippen LogP contribution is -2.48. The van der Waals surface area contributed by atoms with E-state index in [9.17, 15) is 4.79 Å². The highest BCUT2D eigenvalue weighted by Gasteiger charge is 2.40. The Balaban J connectivity index is 2.13. The third-order valence-corrected chi connectivity index (χ3v) is 4.01. The van der Waals surface area contributed by atoms with Crippen molar-refractivity contribution in [2.45, 2.75) is 26.8 Å². The standard InChI is InChI=1S/C15H24N4O2/c1-4-21-14(20)15(2,3)11-18-10-12-9-17-7-8-19(12)13(18)5-6-16/h5,12,17H,4,7-11H2,1-3H3. The Morgan fingerprint density at radius 1 is 1.62 bits per heavy atom. The van der Waals surface area contributed by atoms with Crippen LogP contribution in [0.4, 0.5) is 0 Å². The van der Waals surface area contributed by atoms with E-state index in [4.69, 9.17) is 10.00 Å². The van der Waals surface area contributed by atoms with Crippen molar-refractivity contribution in [3.05, 3.63) is 11.9 Å². The summed E-state index contributed by atoms with van der Waals surface area (Å²) in [4.78, 5) is 16.5. The zero-order chi connectivity index (χ0) is 15.5. The van der Waals surface area contributed by atoms with Crippen molar-refractivity contribution < 1.29 is 9.53 Å². The molecule has 0 bridgehead atoms. The molecule has 0 aromatic rings. The van der Waals surface area contributed by atoms with Crippen LogP contribution in [0, 0.1) is 16.7 Å². The smallest absolute Gasteiger partial charge is 0.313 e. The van der Waals surface area contributed by atoms with E-state index in [0.717, 1.165) is 32.0 Å². The number of nitrogens with one attached hydrogen (secondary N) is 1. The van der Waals surface area contributed by atoms with Gasteiger partial charge in [0.2, 0.25) is 0 Å². The molecule has 2 aliphatic heterocycles. The van der Waals surface area contributed by atoms with Crippen LogP contribution in [-0.2, 0) is 9.53 Å². The minimum atomic E-state index is -0.591. The molecule has 0 aromatic heterocycles. The zero-order valence-corrected chi connectivity index (χ0v) is 13.1. The zero-order valence-electron chi connectivity index (χ0n) is 13.1. The average molecular weight is 292 g/mol. The van der Waals surface area contributed by atoms with Gasteiger partial charge in [-0.05, 0) is 20.8 Å². The second-order valence-electron chi connectivity index (χ2n) is 6.17. The maximum atomic E-state index is 12.1. The molecule has 2 rings (SSSR count). The Hall–Kier alpha value is -1.74. The van der Waals surface area contributed by atoms with E-state index in [1.165, 1.54) is 0 Å². The number of carbonyl (C=O) groups is 1. The van der Waals surface area contributed by atoms with Gasteiger partial charge in [0.15, 0.2) is 0 Å². The van der Waals surface area contributed by atoms with E-state index in [-0.39, 0.29) is 5.97 Å². The molecule has 0 radical (unpaired) electrons. The lowest BCUT2D eigenvalue weighted by molar-refractivity contribution is -0.154. The van der Waals surface area contributed by atoms with Crippen molar-refractivity contribution in [2.24, 2.45) is 5.41 Å². The third kappa shape index (κ3) is 3.30. The molecule has 0 saturated carbocycles. The summed E-state index contributed by atoms with van der Waals surface area (Å²) in [6.45, 7) is 10.1. The van der Waals surface area contributed by atoms with Gasteiger partial charge in [0.25, 0.3) is 0 Å². The fourth-order valence-corrected chi connectivity index (χ4v) is 3.00. The quantitative estimate of drug-likeness (QED) is 0.602. The molecule has 21 heavy (non-hydrogen) atoms. The number of piperazine rings is 1. The number of carbonyl (C=O) groups excluding carboxylic acids is 1. The fourth-order valence-electron chi connectivity index (χ4n) is 3.00. The van der Waals surface area contributed by atoms with Gasteiger partial charge >= 0.3 is 5.97 Å². The van der Waals surface area contributed by atoms with Crippen molar-refractivity contribution in [2.75, 3.05) is 39.3 Å². The second kappa shape index (κ2) is 6.35. The van der Waals surface area contributed by atoms with Crippen molar-refractivity contribution in [3.8, 4) is 6.07 Å². The molecule has 1 unspecified atom stereocenters. The van der Waals surface area contributed by atoms with E-state index in [1.54, 1.807) is 6.08 Å². The Labute approximate surface area is 126 Å². The number of ether oxygens (including phenoxy) is 1.